The first-order chi connectivity index (χ1) is 14.6. The molecule has 2 N–H and O–H groups in total. The van der Waals surface area contributed by atoms with Crippen LogP contribution in [0.1, 0.15) is 22.8 Å². The summed E-state index contributed by atoms with van der Waals surface area (Å²) in [6, 6.07) is 22.3. The number of benzene rings is 3. The number of nitrogens with one attached hydrogen (secondary N) is 2. The first-order valence-electron chi connectivity index (χ1n) is 9.68. The van der Waals surface area contributed by atoms with Crippen molar-refractivity contribution in [1.29, 1.82) is 0 Å². The van der Waals surface area contributed by atoms with Gasteiger partial charge in [-0.1, -0.05) is 30.3 Å². The molecular formula is C24H24N2O3S. The summed E-state index contributed by atoms with van der Waals surface area (Å²) in [6.45, 7) is 4.35. The highest BCUT2D eigenvalue weighted by molar-refractivity contribution is 8.00. The van der Waals surface area contributed by atoms with Gasteiger partial charge in [-0.15, -0.1) is 11.8 Å². The molecule has 0 unspecified atom stereocenters. The summed E-state index contributed by atoms with van der Waals surface area (Å²) in [5, 5.41) is 5.79. The van der Waals surface area contributed by atoms with E-state index in [0.717, 1.165) is 10.5 Å². The average molecular weight is 421 g/mol. The van der Waals surface area contributed by atoms with Crippen LogP contribution in [0.25, 0.3) is 0 Å². The molecule has 0 spiro atoms. The van der Waals surface area contributed by atoms with E-state index in [1.165, 1.54) is 11.8 Å². The van der Waals surface area contributed by atoms with Crippen LogP contribution in [0.3, 0.4) is 0 Å². The Morgan fingerprint density at radius 2 is 1.60 bits per heavy atom. The summed E-state index contributed by atoms with van der Waals surface area (Å²) < 4.78 is 5.53. The van der Waals surface area contributed by atoms with E-state index in [2.05, 4.69) is 10.6 Å². The topological polar surface area (TPSA) is 67.4 Å². The number of thioether (sulfide) groups is 1. The zero-order valence-electron chi connectivity index (χ0n) is 17.0. The number of ether oxygens (including phenoxy) is 1. The second-order valence-electron chi connectivity index (χ2n) is 6.56. The van der Waals surface area contributed by atoms with Gasteiger partial charge in [0, 0.05) is 16.1 Å². The molecule has 3 aromatic rings. The number of hydrogen-bond acceptors (Lipinski definition) is 4. The molecule has 0 radical (unpaired) electrons. The van der Waals surface area contributed by atoms with Crippen LogP contribution in [0.5, 0.6) is 5.75 Å². The molecule has 0 aliphatic rings. The van der Waals surface area contributed by atoms with Crippen LogP contribution in [0.4, 0.5) is 11.4 Å². The van der Waals surface area contributed by atoms with Gasteiger partial charge in [-0.25, -0.2) is 0 Å². The molecule has 0 aliphatic heterocycles. The summed E-state index contributed by atoms with van der Waals surface area (Å²) in [5.74, 6) is 0.687. The normalized spacial score (nSPS) is 10.3. The summed E-state index contributed by atoms with van der Waals surface area (Å²) in [6.07, 6.45) is 0. The minimum absolute atomic E-state index is 0.107. The van der Waals surface area contributed by atoms with Gasteiger partial charge in [0.2, 0.25) is 5.91 Å². The van der Waals surface area contributed by atoms with Gasteiger partial charge in [-0.05, 0) is 61.9 Å². The van der Waals surface area contributed by atoms with Crippen LogP contribution in [-0.2, 0) is 4.79 Å². The van der Waals surface area contributed by atoms with Crippen molar-refractivity contribution < 1.29 is 14.3 Å². The van der Waals surface area contributed by atoms with E-state index in [-0.39, 0.29) is 17.6 Å². The number of para-hydroxylation sites is 2. The van der Waals surface area contributed by atoms with Crippen molar-refractivity contribution in [2.24, 2.45) is 0 Å². The van der Waals surface area contributed by atoms with Crippen molar-refractivity contribution in [2.75, 3.05) is 23.0 Å². The van der Waals surface area contributed by atoms with E-state index < -0.39 is 0 Å². The van der Waals surface area contributed by atoms with Crippen molar-refractivity contribution in [3.05, 3.63) is 83.9 Å². The molecule has 0 aliphatic carbocycles. The lowest BCUT2D eigenvalue weighted by Gasteiger charge is -2.11. The molecule has 0 atom stereocenters. The molecule has 0 fully saturated rings. The number of hydrogen-bond donors (Lipinski definition) is 2. The molecule has 0 saturated heterocycles. The summed E-state index contributed by atoms with van der Waals surface area (Å²) in [5.41, 5.74) is 2.96. The Morgan fingerprint density at radius 1 is 0.900 bits per heavy atom. The highest BCUT2D eigenvalue weighted by Crippen LogP contribution is 2.25. The maximum absolute atomic E-state index is 12.4. The predicted molar refractivity (Wildman–Crippen MR) is 123 cm³/mol. The minimum atomic E-state index is -0.138. The fourth-order valence-corrected chi connectivity index (χ4v) is 3.55. The highest BCUT2D eigenvalue weighted by Gasteiger charge is 2.10. The molecule has 3 rings (SSSR count). The van der Waals surface area contributed by atoms with E-state index in [1.807, 2.05) is 80.6 Å². The molecule has 0 aromatic heterocycles. The van der Waals surface area contributed by atoms with E-state index in [1.54, 1.807) is 6.07 Å². The van der Waals surface area contributed by atoms with Gasteiger partial charge in [0.05, 0.1) is 18.0 Å². The zero-order chi connectivity index (χ0) is 21.3. The molecule has 154 valence electrons. The maximum Gasteiger partial charge on any atom is 0.255 e. The van der Waals surface area contributed by atoms with Crippen LogP contribution in [0, 0.1) is 6.92 Å². The third-order valence-corrected chi connectivity index (χ3v) is 5.34. The van der Waals surface area contributed by atoms with E-state index >= 15 is 0 Å². The highest BCUT2D eigenvalue weighted by atomic mass is 32.2. The molecule has 0 heterocycles. The van der Waals surface area contributed by atoms with Crippen LogP contribution in [0.15, 0.2) is 77.7 Å². The number of carbonyl (C=O) groups is 2. The summed E-state index contributed by atoms with van der Waals surface area (Å²) >= 11 is 1.43. The van der Waals surface area contributed by atoms with Crippen molar-refractivity contribution in [3.63, 3.8) is 0 Å². The smallest absolute Gasteiger partial charge is 0.255 e. The SMILES string of the molecule is CCOc1ccccc1NC(=O)CSc1ccc(NC(=O)c2ccccc2C)cc1. The fraction of sp³-hybridized carbons (Fsp3) is 0.167. The van der Waals surface area contributed by atoms with Gasteiger partial charge in [0.15, 0.2) is 0 Å². The molecule has 0 saturated carbocycles. The Morgan fingerprint density at radius 3 is 2.33 bits per heavy atom. The largest absolute Gasteiger partial charge is 0.492 e. The second-order valence-corrected chi connectivity index (χ2v) is 7.61. The van der Waals surface area contributed by atoms with Crippen LogP contribution in [0.2, 0.25) is 0 Å². The van der Waals surface area contributed by atoms with Crippen LogP contribution >= 0.6 is 11.8 Å². The van der Waals surface area contributed by atoms with Gasteiger partial charge in [-0.2, -0.15) is 0 Å². The molecule has 3 aromatic carbocycles. The van der Waals surface area contributed by atoms with Gasteiger partial charge >= 0.3 is 0 Å². The lowest BCUT2D eigenvalue weighted by molar-refractivity contribution is -0.113. The minimum Gasteiger partial charge on any atom is -0.492 e. The standard InChI is InChI=1S/C24H24N2O3S/c1-3-29-22-11-7-6-10-21(22)26-23(27)16-30-19-14-12-18(13-15-19)25-24(28)20-9-5-4-8-17(20)2/h4-15H,3,16H2,1-2H3,(H,25,28)(H,26,27). The molecule has 2 amide bonds. The Balaban J connectivity index is 1.53. The zero-order valence-corrected chi connectivity index (χ0v) is 17.8. The van der Waals surface area contributed by atoms with Crippen LogP contribution < -0.4 is 15.4 Å². The predicted octanol–water partition coefficient (Wildman–Crippen LogP) is 5.38. The number of anilines is 2. The quantitative estimate of drug-likeness (QED) is 0.480. The van der Waals surface area contributed by atoms with E-state index in [4.69, 9.17) is 4.74 Å². The number of rotatable bonds is 8. The second kappa shape index (κ2) is 10.5. The van der Waals surface area contributed by atoms with Gasteiger partial charge in [0.25, 0.3) is 5.91 Å². The van der Waals surface area contributed by atoms with Crippen molar-refractivity contribution >= 4 is 35.0 Å². The number of carbonyl (C=O) groups excluding carboxylic acids is 2. The van der Waals surface area contributed by atoms with Gasteiger partial charge < -0.3 is 15.4 Å². The monoisotopic (exact) mass is 420 g/mol. The van der Waals surface area contributed by atoms with Crippen molar-refractivity contribution in [3.8, 4) is 5.75 Å². The molecule has 0 bridgehead atoms. The van der Waals surface area contributed by atoms with Crippen LogP contribution in [-0.4, -0.2) is 24.2 Å². The summed E-state index contributed by atoms with van der Waals surface area (Å²) in [4.78, 5) is 25.6. The van der Waals surface area contributed by atoms with Crippen molar-refractivity contribution in [2.45, 2.75) is 18.7 Å². The molecule has 30 heavy (non-hydrogen) atoms. The molecule has 5 nitrogen and oxygen atoms in total. The van der Waals surface area contributed by atoms with Gasteiger partial charge in [-0.3, -0.25) is 9.59 Å². The van der Waals surface area contributed by atoms with E-state index in [9.17, 15) is 9.59 Å². The third-order valence-electron chi connectivity index (χ3n) is 4.33. The first kappa shape index (κ1) is 21.5. The average Bonchev–Trinajstić information content (AvgIpc) is 2.75. The van der Waals surface area contributed by atoms with E-state index in [0.29, 0.717) is 29.3 Å². The first-order valence-corrected chi connectivity index (χ1v) is 10.7. The van der Waals surface area contributed by atoms with Crippen molar-refractivity contribution in [1.82, 2.24) is 0 Å². The third kappa shape index (κ3) is 5.87. The lowest BCUT2D eigenvalue weighted by Crippen LogP contribution is -2.15. The van der Waals surface area contributed by atoms with Gasteiger partial charge in [0.1, 0.15) is 5.75 Å². The molecular weight excluding hydrogens is 396 g/mol. The number of amides is 2. The number of aryl methyl sites for hydroxylation is 1. The molecule has 6 heteroatoms. The Hall–Kier alpha value is -3.25. The summed E-state index contributed by atoms with van der Waals surface area (Å²) in [7, 11) is 0. The lowest BCUT2D eigenvalue weighted by atomic mass is 10.1. The fourth-order valence-electron chi connectivity index (χ4n) is 2.85. The maximum atomic E-state index is 12.4. The Bertz CT molecular complexity index is 1020. The Kier molecular flexibility index (Phi) is 7.51. The Labute approximate surface area is 180 Å².